The number of fused-ring (bicyclic) bond motifs is 2. The third-order valence-corrected chi connectivity index (χ3v) is 6.40. The van der Waals surface area contributed by atoms with Crippen molar-refractivity contribution in [3.8, 4) is 16.5 Å². The minimum atomic E-state index is -0.133. The first-order valence-electron chi connectivity index (χ1n) is 9.17. The molecule has 0 radical (unpaired) electrons. The number of pyridine rings is 1. The zero-order chi connectivity index (χ0) is 19.4. The molecule has 1 amide bonds. The summed E-state index contributed by atoms with van der Waals surface area (Å²) in [6.07, 6.45) is 3.99. The predicted molar refractivity (Wildman–Crippen MR) is 107 cm³/mol. The monoisotopic (exact) mass is 396 g/mol. The van der Waals surface area contributed by atoms with Crippen LogP contribution in [0.2, 0.25) is 0 Å². The highest BCUT2D eigenvalue weighted by atomic mass is 32.1. The Balaban J connectivity index is 1.57. The summed E-state index contributed by atoms with van der Waals surface area (Å²) in [5.41, 5.74) is 3.60. The van der Waals surface area contributed by atoms with E-state index in [-0.39, 0.29) is 17.9 Å². The van der Waals surface area contributed by atoms with Crippen molar-refractivity contribution in [3.63, 3.8) is 0 Å². The van der Waals surface area contributed by atoms with E-state index in [0.29, 0.717) is 18.8 Å². The van der Waals surface area contributed by atoms with E-state index in [9.17, 15) is 4.79 Å². The van der Waals surface area contributed by atoms with Crippen LogP contribution in [0.4, 0.5) is 0 Å². The van der Waals surface area contributed by atoms with Crippen LogP contribution in [0.5, 0.6) is 5.88 Å². The van der Waals surface area contributed by atoms with Crippen molar-refractivity contribution in [3.05, 3.63) is 24.7 Å². The van der Waals surface area contributed by atoms with E-state index >= 15 is 0 Å². The Morgan fingerprint density at radius 1 is 1.36 bits per heavy atom. The van der Waals surface area contributed by atoms with Crippen LogP contribution in [0.3, 0.4) is 0 Å². The van der Waals surface area contributed by atoms with E-state index in [1.54, 1.807) is 17.7 Å². The SMILES string of the molecule is C[C@@H](Oc1nc(-c2cc3c(cnn3C)s2)cc2ncn(C)c12)[C@H]1CNC(=O)C1. The highest BCUT2D eigenvalue weighted by Gasteiger charge is 2.29. The van der Waals surface area contributed by atoms with Gasteiger partial charge in [0.1, 0.15) is 11.6 Å². The van der Waals surface area contributed by atoms with E-state index in [0.717, 1.165) is 31.8 Å². The van der Waals surface area contributed by atoms with Crippen LogP contribution in [0.25, 0.3) is 31.8 Å². The molecule has 1 aliphatic rings. The van der Waals surface area contributed by atoms with Gasteiger partial charge in [-0.1, -0.05) is 0 Å². The molecular formula is C19H20N6O2S. The number of aryl methyl sites for hydroxylation is 2. The second kappa shape index (κ2) is 6.30. The first kappa shape index (κ1) is 17.2. The van der Waals surface area contributed by atoms with Crippen molar-refractivity contribution in [1.82, 2.24) is 29.6 Å². The van der Waals surface area contributed by atoms with Gasteiger partial charge in [0, 0.05) is 33.0 Å². The fraction of sp³-hybridized carbons (Fsp3) is 0.368. The summed E-state index contributed by atoms with van der Waals surface area (Å²) in [7, 11) is 3.86. The molecule has 28 heavy (non-hydrogen) atoms. The summed E-state index contributed by atoms with van der Waals surface area (Å²) in [5, 5.41) is 7.15. The maximum atomic E-state index is 11.6. The van der Waals surface area contributed by atoms with Gasteiger partial charge < -0.3 is 14.6 Å². The average molecular weight is 396 g/mol. The maximum absolute atomic E-state index is 11.6. The summed E-state index contributed by atoms with van der Waals surface area (Å²) in [6, 6.07) is 4.09. The molecule has 9 heteroatoms. The van der Waals surface area contributed by atoms with Crippen molar-refractivity contribution >= 4 is 38.5 Å². The first-order chi connectivity index (χ1) is 13.5. The lowest BCUT2D eigenvalue weighted by Crippen LogP contribution is -2.26. The molecule has 0 aliphatic carbocycles. The summed E-state index contributed by atoms with van der Waals surface area (Å²) in [5.74, 6) is 0.762. The van der Waals surface area contributed by atoms with Gasteiger partial charge in [0.25, 0.3) is 0 Å². The molecule has 144 valence electrons. The summed E-state index contributed by atoms with van der Waals surface area (Å²) in [4.78, 5) is 21.9. The second-order valence-corrected chi connectivity index (χ2v) is 8.34. The van der Waals surface area contributed by atoms with Crippen LogP contribution in [-0.4, -0.2) is 42.9 Å². The fourth-order valence-electron chi connectivity index (χ4n) is 3.65. The Labute approximate surface area is 165 Å². The van der Waals surface area contributed by atoms with Gasteiger partial charge in [0.15, 0.2) is 0 Å². The lowest BCUT2D eigenvalue weighted by molar-refractivity contribution is -0.119. The zero-order valence-corrected chi connectivity index (χ0v) is 16.7. The molecule has 0 saturated carbocycles. The van der Waals surface area contributed by atoms with E-state index in [2.05, 4.69) is 21.5 Å². The van der Waals surface area contributed by atoms with Crippen LogP contribution in [-0.2, 0) is 18.9 Å². The van der Waals surface area contributed by atoms with Crippen LogP contribution < -0.4 is 10.1 Å². The normalized spacial score (nSPS) is 18.1. The Hall–Kier alpha value is -2.94. The Morgan fingerprint density at radius 2 is 2.21 bits per heavy atom. The van der Waals surface area contributed by atoms with Crippen molar-refractivity contribution in [2.45, 2.75) is 19.4 Å². The van der Waals surface area contributed by atoms with E-state index in [4.69, 9.17) is 9.72 Å². The van der Waals surface area contributed by atoms with Crippen LogP contribution in [0.1, 0.15) is 13.3 Å². The standard InChI is InChI=1S/C19H20N6O2S/c1-10(11-4-17(26)20-7-11)27-19-18-13(21-9-24(18)2)5-12(23-19)15-6-14-16(28-15)8-22-25(14)3/h5-6,8-11H,4,7H2,1-3H3,(H,20,26)/t10-,11-/m1/s1. The number of hydrogen-bond donors (Lipinski definition) is 1. The maximum Gasteiger partial charge on any atom is 0.241 e. The van der Waals surface area contributed by atoms with Gasteiger partial charge >= 0.3 is 0 Å². The van der Waals surface area contributed by atoms with Crippen molar-refractivity contribution in [1.29, 1.82) is 0 Å². The van der Waals surface area contributed by atoms with E-state index in [1.807, 2.05) is 42.5 Å². The number of ether oxygens (including phenoxy) is 1. The molecule has 4 aromatic heterocycles. The number of imidazole rings is 1. The van der Waals surface area contributed by atoms with Crippen LogP contribution in [0, 0.1) is 5.92 Å². The molecule has 8 nitrogen and oxygen atoms in total. The quantitative estimate of drug-likeness (QED) is 0.573. The Bertz CT molecular complexity index is 1210. The second-order valence-electron chi connectivity index (χ2n) is 7.26. The van der Waals surface area contributed by atoms with Gasteiger partial charge in [-0.15, -0.1) is 11.3 Å². The average Bonchev–Trinajstić information content (AvgIpc) is 3.42. The molecule has 2 atom stereocenters. The number of carbonyl (C=O) groups is 1. The Morgan fingerprint density at radius 3 is 2.96 bits per heavy atom. The first-order valence-corrected chi connectivity index (χ1v) is 9.98. The smallest absolute Gasteiger partial charge is 0.241 e. The van der Waals surface area contributed by atoms with E-state index < -0.39 is 0 Å². The number of aromatic nitrogens is 5. The minimum Gasteiger partial charge on any atom is -0.473 e. The molecule has 0 bridgehead atoms. The summed E-state index contributed by atoms with van der Waals surface area (Å²) < 4.78 is 11.2. The van der Waals surface area contributed by atoms with Gasteiger partial charge in [0.05, 0.1) is 38.8 Å². The van der Waals surface area contributed by atoms with Gasteiger partial charge in [-0.2, -0.15) is 5.10 Å². The zero-order valence-electron chi connectivity index (χ0n) is 15.8. The number of rotatable bonds is 4. The number of hydrogen-bond acceptors (Lipinski definition) is 6. The molecule has 1 saturated heterocycles. The highest BCUT2D eigenvalue weighted by Crippen LogP contribution is 2.36. The third kappa shape index (κ3) is 2.73. The third-order valence-electron chi connectivity index (χ3n) is 5.32. The van der Waals surface area contributed by atoms with Gasteiger partial charge in [0.2, 0.25) is 11.8 Å². The molecule has 5 heterocycles. The molecular weight excluding hydrogens is 376 g/mol. The summed E-state index contributed by atoms with van der Waals surface area (Å²) in [6.45, 7) is 2.63. The molecule has 0 spiro atoms. The molecule has 1 N–H and O–H groups in total. The Kier molecular flexibility index (Phi) is 3.87. The largest absolute Gasteiger partial charge is 0.473 e. The topological polar surface area (TPSA) is 86.9 Å². The van der Waals surface area contributed by atoms with Crippen LogP contribution >= 0.6 is 11.3 Å². The van der Waals surface area contributed by atoms with Gasteiger partial charge in [-0.25, -0.2) is 9.97 Å². The molecule has 4 aromatic rings. The van der Waals surface area contributed by atoms with Crippen molar-refractivity contribution < 1.29 is 9.53 Å². The molecule has 0 unspecified atom stereocenters. The number of carbonyl (C=O) groups excluding carboxylic acids is 1. The summed E-state index contributed by atoms with van der Waals surface area (Å²) >= 11 is 1.65. The lowest BCUT2D eigenvalue weighted by Gasteiger charge is -2.20. The highest BCUT2D eigenvalue weighted by molar-refractivity contribution is 7.22. The van der Waals surface area contributed by atoms with E-state index in [1.165, 1.54) is 0 Å². The molecule has 5 rings (SSSR count). The number of thiophene rings is 1. The molecule has 0 aromatic carbocycles. The molecule has 1 aliphatic heterocycles. The number of nitrogens with zero attached hydrogens (tertiary/aromatic N) is 5. The van der Waals surface area contributed by atoms with Crippen molar-refractivity contribution in [2.24, 2.45) is 20.0 Å². The predicted octanol–water partition coefficient (Wildman–Crippen LogP) is 2.49. The fourth-order valence-corrected chi connectivity index (χ4v) is 4.66. The lowest BCUT2D eigenvalue weighted by atomic mass is 10.0. The minimum absolute atomic E-state index is 0.0757. The molecule has 1 fully saturated rings. The number of amides is 1. The van der Waals surface area contributed by atoms with Crippen molar-refractivity contribution in [2.75, 3.05) is 6.54 Å². The van der Waals surface area contributed by atoms with Crippen LogP contribution in [0.15, 0.2) is 24.7 Å². The number of nitrogens with one attached hydrogen (secondary N) is 1. The van der Waals surface area contributed by atoms with Gasteiger partial charge in [-0.05, 0) is 19.1 Å². The van der Waals surface area contributed by atoms with Gasteiger partial charge in [-0.3, -0.25) is 9.48 Å².